The largest absolute Gasteiger partial charge is 0.531 e. The Labute approximate surface area is 541 Å². The Hall–Kier alpha value is -10.7. The normalized spacial score (nSPS) is 18.8. The van der Waals surface area contributed by atoms with Crippen molar-refractivity contribution in [2.75, 3.05) is 13.2 Å². The van der Waals surface area contributed by atoms with Gasteiger partial charge >= 0.3 is 53.5 Å². The molecule has 0 amide bonds. The Balaban J connectivity index is 0.000000197. The quantitative estimate of drug-likeness (QED) is 0.0422. The van der Waals surface area contributed by atoms with E-state index in [9.17, 15) is 43.2 Å². The Morgan fingerprint density at radius 2 is 0.809 bits per heavy atom. The number of aromatic amines is 1. The lowest BCUT2D eigenvalue weighted by Gasteiger charge is -2.25. The number of carbonyl (C=O) groups excluding carboxylic acids is 7. The minimum atomic E-state index is -1.65. The number of H-pyrrole nitrogens is 1. The molecular weight excluding hydrogens is 1250 g/mol. The average molecular weight is 1320 g/mol. The predicted octanol–water partition coefficient (Wildman–Crippen LogP) is 9.23. The van der Waals surface area contributed by atoms with Crippen molar-refractivity contribution >= 4 is 58.4 Å². The van der Waals surface area contributed by atoms with Crippen LogP contribution in [-0.4, -0.2) is 134 Å². The summed E-state index contributed by atoms with van der Waals surface area (Å²) in [5.41, 5.74) is -0.0215. The Morgan fingerprint density at radius 3 is 1.19 bits per heavy atom. The summed E-state index contributed by atoms with van der Waals surface area (Å²) in [6, 6.07) is 52.3. The van der Waals surface area contributed by atoms with Crippen LogP contribution in [0.5, 0.6) is 11.9 Å². The smallest absolute Gasteiger partial charge is 0.338 e. The molecule has 2 fully saturated rings. The van der Waals surface area contributed by atoms with Gasteiger partial charge in [-0.05, 0) is 112 Å². The maximum Gasteiger partial charge on any atom is 0.338 e. The number of hydrogen-bond acceptors (Lipinski definition) is 22. The number of esters is 7. The Kier molecular flexibility index (Phi) is 24.0. The summed E-state index contributed by atoms with van der Waals surface area (Å²) in [6.07, 6.45) is -7.44. The van der Waals surface area contributed by atoms with Crippen LogP contribution >= 0.6 is 0 Å². The predicted molar refractivity (Wildman–Crippen MR) is 342 cm³/mol. The van der Waals surface area contributed by atoms with E-state index in [0.29, 0.717) is 17.5 Å². The molecule has 94 heavy (non-hydrogen) atoms. The van der Waals surface area contributed by atoms with Crippen molar-refractivity contribution in [3.05, 3.63) is 261 Å². The van der Waals surface area contributed by atoms with Crippen molar-refractivity contribution in [3.63, 3.8) is 0 Å². The third-order valence-electron chi connectivity index (χ3n) is 13.2. The second kappa shape index (κ2) is 32.6. The van der Waals surface area contributed by atoms with Crippen LogP contribution in [0.1, 0.15) is 75.3 Å². The van der Waals surface area contributed by atoms with Gasteiger partial charge in [-0.1, -0.05) is 109 Å². The highest BCUT2D eigenvalue weighted by atomic mass is 28.4. The topological polar surface area (TPSA) is 302 Å². The molecule has 488 valence electrons. The van der Waals surface area contributed by atoms with Crippen LogP contribution in [-0.2, 0) is 47.4 Å². The number of aromatic nitrogens is 4. The zero-order valence-corrected chi connectivity index (χ0v) is 54.2. The van der Waals surface area contributed by atoms with Crippen LogP contribution < -0.4 is 20.1 Å². The average Bonchev–Trinajstić information content (AvgIpc) is 1.63. The molecule has 8 aromatic rings. The molecule has 2 saturated heterocycles. The van der Waals surface area contributed by atoms with Gasteiger partial charge in [0, 0.05) is 31.5 Å². The Morgan fingerprint density at radius 1 is 0.447 bits per heavy atom. The molecule has 26 heteroatoms. The third-order valence-corrected chi connectivity index (χ3v) is 14.8. The highest BCUT2D eigenvalue weighted by Gasteiger charge is 2.53. The molecule has 2 aliphatic heterocycles. The molecule has 2 aliphatic rings. The van der Waals surface area contributed by atoms with Gasteiger partial charge in [0.1, 0.15) is 25.4 Å². The fraction of sp³-hybridized carbons (Fsp3) is 0.250. The lowest BCUT2D eigenvalue weighted by molar-refractivity contribution is -0.188. The van der Waals surface area contributed by atoms with E-state index in [1.54, 1.807) is 170 Å². The van der Waals surface area contributed by atoms with E-state index in [-0.39, 0.29) is 34.4 Å². The van der Waals surface area contributed by atoms with E-state index in [1.165, 1.54) is 30.5 Å². The zero-order valence-electron chi connectivity index (χ0n) is 52.2. The minimum Gasteiger partial charge on any atom is -0.531 e. The number of rotatable bonds is 20. The molecule has 0 spiro atoms. The van der Waals surface area contributed by atoms with Gasteiger partial charge in [-0.15, -0.1) is 0 Å². The lowest BCUT2D eigenvalue weighted by atomic mass is 10.1. The molecule has 6 aromatic carbocycles. The van der Waals surface area contributed by atoms with Gasteiger partial charge in [0.2, 0.25) is 34.9 Å². The number of hydrogen-bond donors (Lipinski definition) is 1. The molecule has 8 atom stereocenters. The van der Waals surface area contributed by atoms with Crippen LogP contribution in [0.3, 0.4) is 0 Å². The van der Waals surface area contributed by atoms with E-state index in [4.69, 9.17) is 51.5 Å². The molecule has 0 aliphatic carbocycles. The van der Waals surface area contributed by atoms with E-state index in [2.05, 4.69) is 54.2 Å². The molecule has 10 rings (SSSR count). The maximum atomic E-state index is 13.1. The van der Waals surface area contributed by atoms with Gasteiger partial charge in [0.25, 0.3) is 5.56 Å². The summed E-state index contributed by atoms with van der Waals surface area (Å²) in [6.45, 7) is 13.0. The molecular formula is C68H68N4O20Si2. The SMILES string of the molecule is CC(=O)O[C@@H]1O[C@H](COC(=O)c2ccccc2)[C@@H](OC(=O)c2ccccc2)C1OC(=O)c1ccccc1.C[Si](C)(C)Oc1ccnc(O[Si](C)(C)C)n1.O=C(OC[C@H]1O[C@@H](n2ccc(=O)[nH]c2=O)C(OC(=O)c2ccccc2)[C@@H]1OC(=O)c1ccccc1)c1ccccc1. The van der Waals surface area contributed by atoms with E-state index in [1.807, 2.05) is 0 Å². The second-order valence-corrected chi connectivity index (χ2v) is 31.6. The first-order valence-corrected chi connectivity index (χ1v) is 36.3. The van der Waals surface area contributed by atoms with Crippen molar-refractivity contribution in [2.45, 2.75) is 95.3 Å². The summed E-state index contributed by atoms with van der Waals surface area (Å²) < 4.78 is 63.3. The lowest BCUT2D eigenvalue weighted by Crippen LogP contribution is -2.43. The van der Waals surface area contributed by atoms with Crippen LogP contribution in [0.15, 0.2) is 216 Å². The van der Waals surface area contributed by atoms with Gasteiger partial charge in [-0.25, -0.2) is 38.5 Å². The highest BCUT2D eigenvalue weighted by Crippen LogP contribution is 2.35. The van der Waals surface area contributed by atoms with Crippen molar-refractivity contribution < 1.29 is 85.0 Å². The molecule has 2 aromatic heterocycles. The van der Waals surface area contributed by atoms with Crippen LogP contribution in [0.2, 0.25) is 39.3 Å². The van der Waals surface area contributed by atoms with Gasteiger partial charge in [0.15, 0.2) is 24.5 Å². The first-order chi connectivity index (χ1) is 45.0. The standard InChI is InChI=1S/C30H24N2O9.C28H24O9.C10H20N2O2Si2/c33-23-16-17-32(30(37)31-23)26-25(41-29(36)21-14-8-3-9-15-21)24(40-28(35)20-12-6-2-7-13-20)22(39-26)18-38-27(34)19-10-4-1-5-11-19;1-18(29)34-28-24(37-27(32)21-15-9-4-10-16-21)23(36-26(31)20-13-7-3-8-14-20)22(35-28)17-33-25(30)19-11-5-2-6-12-19;1-15(2,3)13-9-7-8-11-10(12-9)14-16(4,5)6/h1-17,22,24-26H,18H2,(H,31,33,37);2-16,22-24,28H,17H2,1H3;7-8H,1-6H3/t22-,24-,25?,26-;22-,23-,24?,28-;/m11./s1. The van der Waals surface area contributed by atoms with Gasteiger partial charge in [0.05, 0.1) is 33.4 Å². The monoisotopic (exact) mass is 1320 g/mol. The fourth-order valence-electron chi connectivity index (χ4n) is 9.03. The van der Waals surface area contributed by atoms with E-state index < -0.39 is 125 Å². The first-order valence-electron chi connectivity index (χ1n) is 29.5. The van der Waals surface area contributed by atoms with Crippen molar-refractivity contribution in [3.8, 4) is 11.9 Å². The highest BCUT2D eigenvalue weighted by molar-refractivity contribution is 6.70. The molecule has 1 N–H and O–H groups in total. The second-order valence-electron chi connectivity index (χ2n) is 22.7. The molecule has 0 bridgehead atoms. The molecule has 2 unspecified atom stereocenters. The van der Waals surface area contributed by atoms with Crippen LogP contribution in [0.25, 0.3) is 0 Å². The van der Waals surface area contributed by atoms with Gasteiger partial charge < -0.3 is 51.5 Å². The fourth-order valence-corrected chi connectivity index (χ4v) is 10.4. The summed E-state index contributed by atoms with van der Waals surface area (Å²) >= 11 is 0. The summed E-state index contributed by atoms with van der Waals surface area (Å²) in [4.78, 5) is 124. The number of carbonyl (C=O) groups is 7. The number of nitrogens with one attached hydrogen (secondary N) is 1. The molecule has 4 heterocycles. The Bertz CT molecular complexity index is 3940. The van der Waals surface area contributed by atoms with Gasteiger partial charge in [-0.3, -0.25) is 19.1 Å². The number of benzene rings is 6. The van der Waals surface area contributed by atoms with Crippen LogP contribution in [0, 0.1) is 0 Å². The van der Waals surface area contributed by atoms with Crippen molar-refractivity contribution in [1.82, 2.24) is 19.5 Å². The molecule has 24 nitrogen and oxygen atoms in total. The van der Waals surface area contributed by atoms with E-state index >= 15 is 0 Å². The van der Waals surface area contributed by atoms with Gasteiger partial charge in [-0.2, -0.15) is 4.98 Å². The maximum absolute atomic E-state index is 13.1. The third kappa shape index (κ3) is 20.4. The number of nitrogens with zero attached hydrogens (tertiary/aromatic N) is 3. The molecule has 0 radical (unpaired) electrons. The summed E-state index contributed by atoms with van der Waals surface area (Å²) in [5, 5.41) is 0. The first kappa shape index (κ1) is 69.2. The van der Waals surface area contributed by atoms with Crippen LogP contribution in [0.4, 0.5) is 0 Å². The number of ether oxygens (including phenoxy) is 9. The minimum absolute atomic E-state index is 0.201. The van der Waals surface area contributed by atoms with Crippen molar-refractivity contribution in [2.24, 2.45) is 0 Å². The van der Waals surface area contributed by atoms with E-state index in [0.717, 1.165) is 17.6 Å². The summed E-state index contributed by atoms with van der Waals surface area (Å²) in [5.74, 6) is -4.38. The van der Waals surface area contributed by atoms with Crippen molar-refractivity contribution in [1.29, 1.82) is 0 Å². The molecule has 0 saturated carbocycles. The summed E-state index contributed by atoms with van der Waals surface area (Å²) in [7, 11) is -3.26. The zero-order chi connectivity index (χ0) is 67.4.